The van der Waals surface area contributed by atoms with Gasteiger partial charge >= 0.3 is 0 Å². The van der Waals surface area contributed by atoms with E-state index >= 15 is 0 Å². The Kier molecular flexibility index (Phi) is 4.80. The van der Waals surface area contributed by atoms with E-state index in [1.54, 1.807) is 6.07 Å². The molecule has 0 aromatic heterocycles. The zero-order valence-electron chi connectivity index (χ0n) is 10.7. The first-order chi connectivity index (χ1) is 9.20. The molecule has 100 valence electrons. The SMILES string of the molecule is Cc1cc(CNO)cc(Cl)c1OCc1ccccc1. The summed E-state index contributed by atoms with van der Waals surface area (Å²) in [7, 11) is 0. The molecule has 0 saturated carbocycles. The molecule has 0 spiro atoms. The molecule has 0 amide bonds. The second-order valence-corrected chi connectivity index (χ2v) is 4.74. The van der Waals surface area contributed by atoms with Gasteiger partial charge in [0.15, 0.2) is 0 Å². The lowest BCUT2D eigenvalue weighted by Crippen LogP contribution is -2.07. The van der Waals surface area contributed by atoms with Crippen molar-refractivity contribution in [3.05, 3.63) is 64.2 Å². The molecule has 0 saturated heterocycles. The summed E-state index contributed by atoms with van der Waals surface area (Å²) in [4.78, 5) is 0. The maximum atomic E-state index is 8.70. The fourth-order valence-corrected chi connectivity index (χ4v) is 2.25. The third-order valence-electron chi connectivity index (χ3n) is 2.80. The molecule has 19 heavy (non-hydrogen) atoms. The zero-order valence-corrected chi connectivity index (χ0v) is 11.4. The van der Waals surface area contributed by atoms with Crippen LogP contribution in [0.1, 0.15) is 16.7 Å². The molecule has 0 unspecified atom stereocenters. The lowest BCUT2D eigenvalue weighted by atomic mass is 10.1. The summed E-state index contributed by atoms with van der Waals surface area (Å²) in [5.41, 5.74) is 5.08. The molecule has 2 rings (SSSR count). The quantitative estimate of drug-likeness (QED) is 0.819. The first-order valence-corrected chi connectivity index (χ1v) is 6.41. The third-order valence-corrected chi connectivity index (χ3v) is 3.08. The molecule has 2 aromatic carbocycles. The molecule has 0 radical (unpaired) electrons. The van der Waals surface area contributed by atoms with E-state index in [4.69, 9.17) is 21.5 Å². The third kappa shape index (κ3) is 3.70. The molecule has 0 aliphatic heterocycles. The van der Waals surface area contributed by atoms with Crippen LogP contribution in [0.25, 0.3) is 0 Å². The van der Waals surface area contributed by atoms with Gasteiger partial charge in [0.25, 0.3) is 0 Å². The van der Waals surface area contributed by atoms with Crippen molar-refractivity contribution >= 4 is 11.6 Å². The van der Waals surface area contributed by atoms with E-state index in [1.807, 2.05) is 43.3 Å². The van der Waals surface area contributed by atoms with Crippen LogP contribution < -0.4 is 10.2 Å². The first kappa shape index (κ1) is 13.9. The van der Waals surface area contributed by atoms with Crippen LogP contribution in [0.2, 0.25) is 5.02 Å². The van der Waals surface area contributed by atoms with Gasteiger partial charge in [0.2, 0.25) is 0 Å². The number of benzene rings is 2. The van der Waals surface area contributed by atoms with Crippen LogP contribution in [-0.2, 0) is 13.2 Å². The van der Waals surface area contributed by atoms with Crippen molar-refractivity contribution in [2.24, 2.45) is 0 Å². The number of aryl methyl sites for hydroxylation is 1. The summed E-state index contributed by atoms with van der Waals surface area (Å²) in [6.07, 6.45) is 0. The largest absolute Gasteiger partial charge is 0.487 e. The average Bonchev–Trinajstić information content (AvgIpc) is 2.39. The standard InChI is InChI=1S/C15H16ClNO2/c1-11-7-13(9-17-18)8-14(16)15(11)19-10-12-5-3-2-4-6-12/h2-8,17-18H,9-10H2,1H3. The van der Waals surface area contributed by atoms with E-state index in [-0.39, 0.29) is 0 Å². The summed E-state index contributed by atoms with van der Waals surface area (Å²) in [6.45, 7) is 2.78. The number of hydroxylamine groups is 1. The molecular weight excluding hydrogens is 262 g/mol. The number of nitrogens with one attached hydrogen (secondary N) is 1. The molecule has 0 bridgehead atoms. The number of hydrogen-bond donors (Lipinski definition) is 2. The Balaban J connectivity index is 2.12. The monoisotopic (exact) mass is 277 g/mol. The van der Waals surface area contributed by atoms with Crippen LogP contribution in [0.4, 0.5) is 0 Å². The molecule has 0 fully saturated rings. The van der Waals surface area contributed by atoms with Gasteiger partial charge in [-0.15, -0.1) is 0 Å². The van der Waals surface area contributed by atoms with Crippen LogP contribution in [0.3, 0.4) is 0 Å². The predicted molar refractivity (Wildman–Crippen MR) is 75.6 cm³/mol. The smallest absolute Gasteiger partial charge is 0.141 e. The van der Waals surface area contributed by atoms with Crippen LogP contribution in [0.15, 0.2) is 42.5 Å². The Bertz CT molecular complexity index is 520. The topological polar surface area (TPSA) is 41.5 Å². The van der Waals surface area contributed by atoms with Gasteiger partial charge in [0.1, 0.15) is 12.4 Å². The minimum absolute atomic E-state index is 0.361. The van der Waals surface area contributed by atoms with Gasteiger partial charge < -0.3 is 9.94 Å². The molecule has 0 atom stereocenters. The van der Waals surface area contributed by atoms with Crippen molar-refractivity contribution in [1.82, 2.24) is 5.48 Å². The average molecular weight is 278 g/mol. The summed E-state index contributed by atoms with van der Waals surface area (Å²) in [5, 5.41) is 9.26. The Hall–Kier alpha value is -1.55. The highest BCUT2D eigenvalue weighted by molar-refractivity contribution is 6.32. The van der Waals surface area contributed by atoms with E-state index in [2.05, 4.69) is 5.48 Å². The molecule has 0 heterocycles. The minimum Gasteiger partial charge on any atom is -0.487 e. The van der Waals surface area contributed by atoms with Crippen molar-refractivity contribution in [1.29, 1.82) is 0 Å². The number of rotatable bonds is 5. The fraction of sp³-hybridized carbons (Fsp3) is 0.200. The molecular formula is C15H16ClNO2. The van der Waals surface area contributed by atoms with Crippen LogP contribution in [0.5, 0.6) is 5.75 Å². The van der Waals surface area contributed by atoms with E-state index < -0.39 is 0 Å². The predicted octanol–water partition coefficient (Wildman–Crippen LogP) is 3.71. The molecule has 2 aromatic rings. The summed E-state index contributed by atoms with van der Waals surface area (Å²) in [5.74, 6) is 0.687. The summed E-state index contributed by atoms with van der Waals surface area (Å²) >= 11 is 6.20. The lowest BCUT2D eigenvalue weighted by Gasteiger charge is -2.13. The zero-order chi connectivity index (χ0) is 13.7. The minimum atomic E-state index is 0.361. The number of ether oxygens (including phenoxy) is 1. The van der Waals surface area contributed by atoms with E-state index in [1.165, 1.54) is 0 Å². The highest BCUT2D eigenvalue weighted by Crippen LogP contribution is 2.30. The molecule has 3 nitrogen and oxygen atoms in total. The van der Waals surface area contributed by atoms with Crippen LogP contribution in [-0.4, -0.2) is 5.21 Å². The van der Waals surface area contributed by atoms with E-state index in [0.717, 1.165) is 16.7 Å². The molecule has 0 aliphatic rings. The number of halogens is 1. The highest BCUT2D eigenvalue weighted by Gasteiger charge is 2.08. The van der Waals surface area contributed by atoms with Gasteiger partial charge in [-0.25, -0.2) is 5.48 Å². The molecule has 2 N–H and O–H groups in total. The van der Waals surface area contributed by atoms with Gasteiger partial charge in [-0.1, -0.05) is 48.0 Å². The summed E-state index contributed by atoms with van der Waals surface area (Å²) < 4.78 is 5.77. The fourth-order valence-electron chi connectivity index (χ4n) is 1.91. The van der Waals surface area contributed by atoms with E-state index in [0.29, 0.717) is 23.9 Å². The van der Waals surface area contributed by atoms with E-state index in [9.17, 15) is 0 Å². The van der Waals surface area contributed by atoms with Gasteiger partial charge in [-0.3, -0.25) is 0 Å². The van der Waals surface area contributed by atoms with Crippen molar-refractivity contribution in [2.75, 3.05) is 0 Å². The van der Waals surface area contributed by atoms with Crippen molar-refractivity contribution < 1.29 is 9.94 Å². The second kappa shape index (κ2) is 6.57. The highest BCUT2D eigenvalue weighted by atomic mass is 35.5. The van der Waals surface area contributed by atoms with Crippen molar-refractivity contribution in [2.45, 2.75) is 20.1 Å². The van der Waals surface area contributed by atoms with Gasteiger partial charge in [0.05, 0.1) is 5.02 Å². The lowest BCUT2D eigenvalue weighted by molar-refractivity contribution is 0.161. The van der Waals surface area contributed by atoms with Crippen molar-refractivity contribution in [3.8, 4) is 5.75 Å². The molecule has 0 aliphatic carbocycles. The maximum Gasteiger partial charge on any atom is 0.141 e. The van der Waals surface area contributed by atoms with Crippen LogP contribution >= 0.6 is 11.6 Å². The summed E-state index contributed by atoms with van der Waals surface area (Å²) in [6, 6.07) is 13.7. The molecule has 4 heteroatoms. The first-order valence-electron chi connectivity index (χ1n) is 6.03. The maximum absolute atomic E-state index is 8.70. The van der Waals surface area contributed by atoms with Crippen LogP contribution in [0, 0.1) is 6.92 Å². The normalized spacial score (nSPS) is 10.5. The Morgan fingerprint density at radius 3 is 2.53 bits per heavy atom. The van der Waals surface area contributed by atoms with Gasteiger partial charge in [-0.2, -0.15) is 0 Å². The van der Waals surface area contributed by atoms with Gasteiger partial charge in [-0.05, 0) is 29.7 Å². The Morgan fingerprint density at radius 1 is 1.16 bits per heavy atom. The Morgan fingerprint density at radius 2 is 1.89 bits per heavy atom. The Labute approximate surface area is 117 Å². The second-order valence-electron chi connectivity index (χ2n) is 4.33. The van der Waals surface area contributed by atoms with Gasteiger partial charge in [0, 0.05) is 6.54 Å². The van der Waals surface area contributed by atoms with Crippen molar-refractivity contribution in [3.63, 3.8) is 0 Å². The number of hydrogen-bond acceptors (Lipinski definition) is 3.